The van der Waals surface area contributed by atoms with Crippen molar-refractivity contribution in [1.29, 1.82) is 0 Å². The van der Waals surface area contributed by atoms with Crippen LogP contribution in [0.5, 0.6) is 0 Å². The number of rotatable bonds is 65. The molecule has 0 saturated heterocycles. The van der Waals surface area contributed by atoms with Gasteiger partial charge in [-0.25, -0.2) is 28.8 Å². The van der Waals surface area contributed by atoms with Gasteiger partial charge in [-0.3, -0.25) is 28.8 Å². The Balaban J connectivity index is -0.000000816. The molecule has 0 aromatic heterocycles. The second-order valence-electron chi connectivity index (χ2n) is 29.2. The zero-order chi connectivity index (χ0) is 90.6. The van der Waals surface area contributed by atoms with Crippen molar-refractivity contribution < 1.29 is 177 Å². The Morgan fingerprint density at radius 2 is 0.529 bits per heavy atom. The van der Waals surface area contributed by atoms with Gasteiger partial charge in [-0.2, -0.15) is 48.8 Å². The molecule has 0 saturated carbocycles. The maximum atomic E-state index is 12.8. The molecule has 6 unspecified atom stereocenters. The van der Waals surface area contributed by atoms with Crippen LogP contribution >= 0.6 is 48.8 Å². The van der Waals surface area contributed by atoms with Crippen LogP contribution in [-0.2, 0) is 133 Å². The molecule has 6 atom stereocenters. The van der Waals surface area contributed by atoms with E-state index in [0.29, 0.717) is 126 Å². The van der Waals surface area contributed by atoms with E-state index in [4.69, 9.17) is 104 Å². The largest absolute Gasteiger partial charge is 0.508 e. The summed E-state index contributed by atoms with van der Waals surface area (Å²) in [6.07, 6.45) is -2.38. The highest BCUT2D eigenvalue weighted by molar-refractivity contribution is 7.99. The number of hydrogen-bond donors (Lipinski definition) is 5. The molecule has 0 heterocycles. The fourth-order valence-electron chi connectivity index (χ4n) is 7.77. The fraction of sp³-hybridized carbons (Fsp3) is 0.825. The maximum absolute atomic E-state index is 12.8. The molecule has 121 heavy (non-hydrogen) atoms. The Bertz CT molecular complexity index is 2720. The fourth-order valence-corrected chi connectivity index (χ4v) is 9.55. The Kier molecular flexibility index (Phi) is 74.7. The molecule has 0 aromatic rings. The lowest BCUT2D eigenvalue weighted by molar-refractivity contribution is -0.163. The monoisotopic (exact) mass is 1820 g/mol. The first-order valence-electron chi connectivity index (χ1n) is 39.2. The molecule has 0 aliphatic carbocycles. The minimum absolute atomic E-state index is 0. The lowest BCUT2D eigenvalue weighted by atomic mass is 9.93. The molecule has 710 valence electrons. The van der Waals surface area contributed by atoms with E-state index in [1.165, 1.54) is 47.6 Å². The Hall–Kier alpha value is -6.70. The van der Waals surface area contributed by atoms with Crippen molar-refractivity contribution in [3.8, 4) is 0 Å². The van der Waals surface area contributed by atoms with Crippen molar-refractivity contribution in [2.24, 2.45) is 50.2 Å². The van der Waals surface area contributed by atoms with Crippen LogP contribution in [-0.4, -0.2) is 314 Å². The number of aliphatic hydroxyl groups excluding tert-OH is 3. The number of hydrogen-bond acceptors (Lipinski definition) is 41. The van der Waals surface area contributed by atoms with Crippen molar-refractivity contribution in [2.45, 2.75) is 151 Å². The number of carbonyl (C=O) groups excluding carboxylic acids is 12. The Morgan fingerprint density at radius 3 is 0.752 bits per heavy atom. The summed E-state index contributed by atoms with van der Waals surface area (Å²) in [4.78, 5) is 148. The lowest BCUT2D eigenvalue weighted by Crippen LogP contribution is -2.41. The van der Waals surface area contributed by atoms with Gasteiger partial charge >= 0.3 is 72.7 Å². The molecular weight excluding hydrogens is 1680 g/mol. The van der Waals surface area contributed by atoms with E-state index in [1.54, 1.807) is 44.3 Å². The normalized spacial score (nSPS) is 13.7. The maximum Gasteiger partial charge on any atom is 0.508 e. The molecule has 37 nitrogen and oxygen atoms in total. The number of carbonyl (C=O) groups is 12. The van der Waals surface area contributed by atoms with Crippen molar-refractivity contribution in [2.75, 3.05) is 226 Å². The van der Waals surface area contributed by atoms with E-state index in [0.717, 1.165) is 11.5 Å². The lowest BCUT2D eigenvalue weighted by Gasteiger charge is -2.27. The first-order valence-corrected chi connectivity index (χ1v) is 42.8. The number of esters is 6. The third-order valence-corrected chi connectivity index (χ3v) is 18.2. The standard InChI is InChI=1S/C50H86O24S2.C22H36O11.C6H14O2S2.2CH4/c1-11-63-41(55)49(9,33-71-43(57)67-19-15-37(3)4)35-73-45(59)69-31-47(7,29-51)39(53)65-17-13-25-75-27-23-61-21-22-62-24-28-76-26-14-18-66-40(54)48(8,30-52)32-70-46(60)74-36-50(10,42(56)64-12-2)34-72-44(58)68-20-16-38(5)6;1-7-10-29-17(24)21(5,12-23)13-31-20(27)33-15-22(6,18(25)28-8-2)14-32-19(26)30-11-9-16(3)4;9-5-3-7-1-2-8-4-6-10;;/h37-38,51-52H,11-36H2,1-10H3;7,16,23H,1,8-15H2,2-6H3;9-10H,1-6H2;2*1H4. The van der Waals surface area contributed by atoms with E-state index >= 15 is 0 Å². The second-order valence-corrected chi connectivity index (χ2v) is 32.5. The van der Waals surface area contributed by atoms with Gasteiger partial charge in [-0.1, -0.05) is 69.1 Å². The summed E-state index contributed by atoms with van der Waals surface area (Å²) in [6.45, 7) is 26.2. The highest BCUT2D eigenvalue weighted by Gasteiger charge is 2.44. The Morgan fingerprint density at radius 1 is 0.306 bits per heavy atom. The number of aliphatic hydroxyl groups is 3. The van der Waals surface area contributed by atoms with Crippen molar-refractivity contribution in [3.63, 3.8) is 0 Å². The van der Waals surface area contributed by atoms with Gasteiger partial charge in [0.25, 0.3) is 0 Å². The van der Waals surface area contributed by atoms with Crippen LogP contribution in [0.4, 0.5) is 28.8 Å². The van der Waals surface area contributed by atoms with Crippen molar-refractivity contribution in [1.82, 2.24) is 0 Å². The van der Waals surface area contributed by atoms with E-state index in [2.05, 4.69) is 31.8 Å². The highest BCUT2D eigenvalue weighted by Crippen LogP contribution is 2.27. The van der Waals surface area contributed by atoms with Crippen LogP contribution in [0.25, 0.3) is 0 Å². The zero-order valence-electron chi connectivity index (χ0n) is 72.2. The minimum Gasteiger partial charge on any atom is -0.465 e. The summed E-state index contributed by atoms with van der Waals surface area (Å²) in [6, 6.07) is 0. The minimum atomic E-state index is -1.59. The third kappa shape index (κ3) is 61.3. The van der Waals surface area contributed by atoms with Gasteiger partial charge < -0.3 is 120 Å². The van der Waals surface area contributed by atoms with Crippen LogP contribution in [0.3, 0.4) is 0 Å². The van der Waals surface area contributed by atoms with E-state index in [1.807, 2.05) is 41.5 Å². The molecule has 0 bridgehead atoms. The number of thiol groups is 2. The van der Waals surface area contributed by atoms with E-state index in [9.17, 15) is 72.9 Å². The van der Waals surface area contributed by atoms with Crippen LogP contribution < -0.4 is 0 Å². The summed E-state index contributed by atoms with van der Waals surface area (Å²) in [5.41, 5.74) is -9.42. The van der Waals surface area contributed by atoms with Crippen molar-refractivity contribution in [3.05, 3.63) is 12.7 Å². The van der Waals surface area contributed by atoms with Crippen LogP contribution in [0.15, 0.2) is 12.7 Å². The molecule has 0 fully saturated rings. The average molecular weight is 1830 g/mol. The van der Waals surface area contributed by atoms with Gasteiger partial charge in [0.2, 0.25) is 0 Å². The topological polar surface area (TPSA) is 469 Å². The highest BCUT2D eigenvalue weighted by atomic mass is 32.2. The molecule has 0 spiro atoms. The van der Waals surface area contributed by atoms with Gasteiger partial charge in [0.15, 0.2) is 0 Å². The first kappa shape index (κ1) is 123. The number of thioether (sulfide) groups is 2. The molecule has 0 radical (unpaired) electrons. The zero-order valence-corrected chi connectivity index (χ0v) is 75.7. The van der Waals surface area contributed by atoms with Gasteiger partial charge in [0.1, 0.15) is 98.6 Å². The van der Waals surface area contributed by atoms with Crippen LogP contribution in [0.2, 0.25) is 0 Å². The molecule has 3 N–H and O–H groups in total. The summed E-state index contributed by atoms with van der Waals surface area (Å²) in [5.74, 6) is 0.450. The van der Waals surface area contributed by atoms with Gasteiger partial charge in [0, 0.05) is 23.0 Å². The molecular formula is C80H144O37S4. The SMILES string of the molecule is C.C.C=CCOC(=O)C(C)(CO)COC(=O)OCC(C)(COC(=O)OCCC(C)C)C(=O)OCC.CCOC(=O)C(C)(COC(=O)OCCC(C)C)COC(=O)OCC(C)(CO)C(=O)OCCCSCCOCCOCCSCCCOC(=O)C(C)(CO)COC(=O)OCC(C)(COC(=O)OCCC(C)C)C(=O)OCC.SCCOCCOCCS. The third-order valence-electron chi connectivity index (χ3n) is 15.8. The molecule has 0 aromatic carbocycles. The molecule has 0 aliphatic rings. The van der Waals surface area contributed by atoms with E-state index < -0.39 is 185 Å². The Labute approximate surface area is 734 Å². The first-order chi connectivity index (χ1) is 56.3. The van der Waals surface area contributed by atoms with Crippen LogP contribution in [0, 0.1) is 50.2 Å². The van der Waals surface area contributed by atoms with Gasteiger partial charge in [0.05, 0.1) is 126 Å². The summed E-state index contributed by atoms with van der Waals surface area (Å²) < 4.78 is 112. The van der Waals surface area contributed by atoms with E-state index in [-0.39, 0.29) is 74.3 Å². The van der Waals surface area contributed by atoms with Crippen LogP contribution in [0.1, 0.15) is 151 Å². The van der Waals surface area contributed by atoms with Crippen molar-refractivity contribution >= 4 is 122 Å². The molecule has 0 amide bonds. The molecule has 41 heteroatoms. The van der Waals surface area contributed by atoms with Gasteiger partial charge in [-0.15, -0.1) is 0 Å². The quantitative estimate of drug-likeness (QED) is 0.0124. The smallest absolute Gasteiger partial charge is 0.465 e. The predicted molar refractivity (Wildman–Crippen MR) is 453 cm³/mol. The summed E-state index contributed by atoms with van der Waals surface area (Å²) in [7, 11) is 0. The molecule has 0 aliphatic heterocycles. The molecule has 0 rings (SSSR count). The summed E-state index contributed by atoms with van der Waals surface area (Å²) >= 11 is 11.2. The predicted octanol–water partition coefficient (Wildman–Crippen LogP) is 11.0. The summed E-state index contributed by atoms with van der Waals surface area (Å²) in [5, 5.41) is 29.3. The number of ether oxygens (including phenoxy) is 22. The van der Waals surface area contributed by atoms with Gasteiger partial charge in [-0.05, 0) is 124 Å². The second kappa shape index (κ2) is 73.6. The average Bonchev–Trinajstić information content (AvgIpc) is 0.858.